The zero-order chi connectivity index (χ0) is 26.8. The Morgan fingerprint density at radius 3 is 2.54 bits per heavy atom. The summed E-state index contributed by atoms with van der Waals surface area (Å²) in [5.41, 5.74) is 0.000557. The van der Waals surface area contributed by atoms with Crippen LogP contribution in [0.25, 0.3) is 10.9 Å². The molecular formula is C27H33N5O5. The van der Waals surface area contributed by atoms with E-state index in [9.17, 15) is 14.4 Å². The van der Waals surface area contributed by atoms with Crippen LogP contribution in [0.5, 0.6) is 0 Å². The molecule has 3 N–H and O–H groups in total. The molecule has 0 bridgehead atoms. The third-order valence-corrected chi connectivity index (χ3v) is 6.46. The third kappa shape index (κ3) is 5.90. The number of hydrogen-bond acceptors (Lipinski definition) is 8. The van der Waals surface area contributed by atoms with E-state index in [1.54, 1.807) is 52.2 Å². The molecule has 37 heavy (non-hydrogen) atoms. The van der Waals surface area contributed by atoms with Crippen LogP contribution < -0.4 is 21.6 Å². The van der Waals surface area contributed by atoms with Crippen molar-refractivity contribution in [2.24, 2.45) is 0 Å². The average molecular weight is 508 g/mol. The van der Waals surface area contributed by atoms with Crippen LogP contribution in [0.1, 0.15) is 70.5 Å². The lowest BCUT2D eigenvalue weighted by Gasteiger charge is -2.30. The van der Waals surface area contributed by atoms with E-state index in [4.69, 9.17) is 9.15 Å². The number of hydrogen-bond donors (Lipinski definition) is 3. The fourth-order valence-electron chi connectivity index (χ4n) is 4.56. The molecule has 1 saturated carbocycles. The summed E-state index contributed by atoms with van der Waals surface area (Å²) in [4.78, 5) is 47.2. The first-order valence-electron chi connectivity index (χ1n) is 12.4. The fraction of sp³-hybridized carbons (Fsp3) is 0.444. The lowest BCUT2D eigenvalue weighted by atomic mass is 9.95. The summed E-state index contributed by atoms with van der Waals surface area (Å²) in [5, 5.41) is 9.12. The second kappa shape index (κ2) is 10.2. The van der Waals surface area contributed by atoms with Crippen molar-refractivity contribution in [3.05, 3.63) is 58.2 Å². The number of amides is 2. The fourth-order valence-corrected chi connectivity index (χ4v) is 4.56. The number of ether oxygens (including phenoxy) is 1. The smallest absolute Gasteiger partial charge is 0.412 e. The van der Waals surface area contributed by atoms with Crippen LogP contribution in [0.4, 0.5) is 16.5 Å². The van der Waals surface area contributed by atoms with Crippen LogP contribution in [0, 0.1) is 6.92 Å². The van der Waals surface area contributed by atoms with Gasteiger partial charge in [0.05, 0.1) is 16.9 Å². The number of rotatable bonds is 6. The lowest BCUT2D eigenvalue weighted by molar-refractivity contribution is -0.126. The molecule has 2 heterocycles. The van der Waals surface area contributed by atoms with Gasteiger partial charge < -0.3 is 19.8 Å². The number of pyridine rings is 1. The molecule has 1 unspecified atom stereocenters. The third-order valence-electron chi connectivity index (χ3n) is 6.46. The topological polar surface area (TPSA) is 135 Å². The quantitative estimate of drug-likeness (QED) is 0.431. The number of aryl methyl sites for hydroxylation is 1. The molecule has 3 aromatic rings. The lowest BCUT2D eigenvalue weighted by Crippen LogP contribution is -2.51. The van der Waals surface area contributed by atoms with Gasteiger partial charge in [-0.15, -0.1) is 0 Å². The molecule has 0 radical (unpaired) electrons. The number of benzene rings is 1. The molecule has 2 aromatic heterocycles. The Hall–Kier alpha value is -3.95. The summed E-state index contributed by atoms with van der Waals surface area (Å²) in [6.45, 7) is 8.90. The Bertz CT molecular complexity index is 1360. The van der Waals surface area contributed by atoms with E-state index in [2.05, 4.69) is 25.9 Å². The van der Waals surface area contributed by atoms with Gasteiger partial charge >= 0.3 is 11.7 Å². The Morgan fingerprint density at radius 2 is 1.89 bits per heavy atom. The highest BCUT2D eigenvalue weighted by molar-refractivity contribution is 5.93. The highest BCUT2D eigenvalue weighted by atomic mass is 16.6. The van der Waals surface area contributed by atoms with Crippen molar-refractivity contribution in [2.75, 3.05) is 10.6 Å². The van der Waals surface area contributed by atoms with Gasteiger partial charge in [0.15, 0.2) is 0 Å². The summed E-state index contributed by atoms with van der Waals surface area (Å²) < 4.78 is 10.8. The Kier molecular flexibility index (Phi) is 7.20. The van der Waals surface area contributed by atoms with Crippen LogP contribution >= 0.6 is 0 Å². The van der Waals surface area contributed by atoms with E-state index in [1.807, 2.05) is 19.1 Å². The van der Waals surface area contributed by atoms with Gasteiger partial charge in [-0.25, -0.2) is 9.59 Å². The molecule has 2 amide bonds. The maximum absolute atomic E-state index is 13.4. The maximum Gasteiger partial charge on any atom is 0.412 e. The number of nitrogens with zero attached hydrogens (tertiary/aromatic N) is 2. The van der Waals surface area contributed by atoms with Gasteiger partial charge in [0.1, 0.15) is 11.1 Å². The van der Waals surface area contributed by atoms with Gasteiger partial charge in [-0.05, 0) is 76.8 Å². The van der Waals surface area contributed by atoms with Gasteiger partial charge in [0, 0.05) is 18.1 Å². The number of fused-ring (bicyclic) bond motifs is 1. The van der Waals surface area contributed by atoms with Crippen LogP contribution in [0.15, 0.2) is 45.9 Å². The van der Waals surface area contributed by atoms with E-state index in [1.165, 1.54) is 0 Å². The molecule has 0 spiro atoms. The number of carbonyl (C=O) groups excluding carboxylic acids is 2. The van der Waals surface area contributed by atoms with E-state index in [-0.39, 0.29) is 23.3 Å². The summed E-state index contributed by atoms with van der Waals surface area (Å²) >= 11 is 0. The van der Waals surface area contributed by atoms with E-state index in [0.717, 1.165) is 18.4 Å². The first-order chi connectivity index (χ1) is 17.5. The van der Waals surface area contributed by atoms with Crippen molar-refractivity contribution in [3.8, 4) is 0 Å². The molecule has 196 valence electrons. The summed E-state index contributed by atoms with van der Waals surface area (Å²) in [7, 11) is 0. The molecule has 4 rings (SSSR count). The van der Waals surface area contributed by atoms with Crippen molar-refractivity contribution in [3.63, 3.8) is 0 Å². The van der Waals surface area contributed by atoms with Crippen LogP contribution in [0.2, 0.25) is 0 Å². The summed E-state index contributed by atoms with van der Waals surface area (Å²) in [6.07, 6.45) is 5.66. The van der Waals surface area contributed by atoms with Crippen LogP contribution in [0.3, 0.4) is 0 Å². The Morgan fingerprint density at radius 1 is 1.16 bits per heavy atom. The average Bonchev–Trinajstić information content (AvgIpc) is 3.30. The van der Waals surface area contributed by atoms with Crippen LogP contribution in [-0.4, -0.2) is 33.1 Å². The predicted octanol–water partition coefficient (Wildman–Crippen LogP) is 4.84. The zero-order valence-corrected chi connectivity index (χ0v) is 21.8. The van der Waals surface area contributed by atoms with Crippen molar-refractivity contribution in [2.45, 2.75) is 77.5 Å². The molecule has 1 atom stereocenters. The minimum atomic E-state index is -0.944. The number of carbonyl (C=O) groups is 2. The van der Waals surface area contributed by atoms with Crippen molar-refractivity contribution in [1.29, 1.82) is 0 Å². The molecule has 10 nitrogen and oxygen atoms in total. The zero-order valence-electron chi connectivity index (χ0n) is 21.8. The molecule has 1 fully saturated rings. The number of anilines is 2. The predicted molar refractivity (Wildman–Crippen MR) is 140 cm³/mol. The normalized spacial score (nSPS) is 15.7. The van der Waals surface area contributed by atoms with Crippen LogP contribution in [-0.2, 0) is 9.53 Å². The Labute approximate surface area is 215 Å². The number of aromatic nitrogens is 2. The van der Waals surface area contributed by atoms with Gasteiger partial charge in [-0.2, -0.15) is 4.98 Å². The number of nitrogens with one attached hydrogen (secondary N) is 3. The monoisotopic (exact) mass is 507 g/mol. The SMILES string of the molecule is Cc1c(NC(=O)OC(C)(C)C)ccc2nc(NC3(C(=O)NC(C)c4cccnc4)CCCC3)oc(=O)c12. The first kappa shape index (κ1) is 26.1. The second-order valence-electron chi connectivity index (χ2n) is 10.5. The molecule has 1 aliphatic carbocycles. The second-order valence-corrected chi connectivity index (χ2v) is 10.5. The summed E-state index contributed by atoms with van der Waals surface area (Å²) in [5.74, 6) is -0.181. The maximum atomic E-state index is 13.4. The molecule has 0 aliphatic heterocycles. The van der Waals surface area contributed by atoms with Crippen molar-refractivity contribution >= 4 is 34.6 Å². The Balaban J connectivity index is 1.58. The van der Waals surface area contributed by atoms with Gasteiger partial charge in [0.2, 0.25) is 5.91 Å². The molecule has 1 aromatic carbocycles. The largest absolute Gasteiger partial charge is 0.444 e. The van der Waals surface area contributed by atoms with Gasteiger partial charge in [-0.3, -0.25) is 15.1 Å². The first-order valence-corrected chi connectivity index (χ1v) is 12.4. The minimum Gasteiger partial charge on any atom is -0.444 e. The van der Waals surface area contributed by atoms with Crippen molar-refractivity contribution in [1.82, 2.24) is 15.3 Å². The molecular weight excluding hydrogens is 474 g/mol. The molecule has 10 heteroatoms. The molecule has 0 saturated heterocycles. The summed E-state index contributed by atoms with van der Waals surface area (Å²) in [6, 6.07) is 6.76. The van der Waals surface area contributed by atoms with E-state index >= 15 is 0 Å². The van der Waals surface area contributed by atoms with Crippen molar-refractivity contribution < 1.29 is 18.7 Å². The van der Waals surface area contributed by atoms with Gasteiger partial charge in [0.25, 0.3) is 6.01 Å². The highest BCUT2D eigenvalue weighted by Gasteiger charge is 2.42. The standard InChI is InChI=1S/C27H33N5O5/c1-16-19(31-25(35)37-26(3,4)5)10-11-20-21(16)22(33)36-24(30-20)32-27(12-6-7-13-27)23(34)29-17(2)18-9-8-14-28-15-18/h8-11,14-15,17H,6-7,12-13H2,1-5H3,(H,29,34)(H,30,32)(H,31,35). The van der Waals surface area contributed by atoms with E-state index < -0.39 is 22.9 Å². The van der Waals surface area contributed by atoms with E-state index in [0.29, 0.717) is 29.6 Å². The van der Waals surface area contributed by atoms with Gasteiger partial charge in [-0.1, -0.05) is 18.9 Å². The minimum absolute atomic E-state index is 0.0177. The highest BCUT2D eigenvalue weighted by Crippen LogP contribution is 2.34. The molecule has 1 aliphatic rings.